The maximum atomic E-state index is 13.0. The van der Waals surface area contributed by atoms with Gasteiger partial charge in [0.1, 0.15) is 5.82 Å². The molecule has 7 heteroatoms. The minimum atomic E-state index is -0.497. The van der Waals surface area contributed by atoms with E-state index in [1.165, 1.54) is 0 Å². The normalized spacial score (nSPS) is 15.4. The second kappa shape index (κ2) is 7.91. The molecule has 3 aromatic rings. The number of anilines is 2. The predicted octanol–water partition coefficient (Wildman–Crippen LogP) is 2.63. The number of piperazine rings is 1. The second-order valence-corrected chi connectivity index (χ2v) is 8.37. The molecule has 0 bridgehead atoms. The van der Waals surface area contributed by atoms with Crippen LogP contribution in [0.25, 0.3) is 10.9 Å². The van der Waals surface area contributed by atoms with E-state index in [1.54, 1.807) is 6.07 Å². The van der Waals surface area contributed by atoms with Gasteiger partial charge in [-0.1, -0.05) is 30.3 Å². The van der Waals surface area contributed by atoms with Gasteiger partial charge in [-0.15, -0.1) is 0 Å². The van der Waals surface area contributed by atoms with Gasteiger partial charge in [0, 0.05) is 37.1 Å². The number of nitrogens with zero attached hydrogens (tertiary/aromatic N) is 4. The molecule has 4 rings (SSSR count). The van der Waals surface area contributed by atoms with Crippen molar-refractivity contribution in [3.8, 4) is 0 Å². The van der Waals surface area contributed by atoms with Gasteiger partial charge in [-0.25, -0.2) is 4.98 Å². The van der Waals surface area contributed by atoms with Gasteiger partial charge in [0.05, 0.1) is 11.1 Å². The van der Waals surface area contributed by atoms with Crippen LogP contribution >= 0.6 is 0 Å². The molecule has 1 saturated heterocycles. The lowest BCUT2D eigenvalue weighted by Gasteiger charge is -2.33. The van der Waals surface area contributed by atoms with Crippen LogP contribution in [0.3, 0.4) is 0 Å². The first-order valence-corrected chi connectivity index (χ1v) is 10.2. The highest BCUT2D eigenvalue weighted by Crippen LogP contribution is 2.27. The van der Waals surface area contributed by atoms with Gasteiger partial charge in [0.2, 0.25) is 5.95 Å². The highest BCUT2D eigenvalue weighted by molar-refractivity contribution is 6.00. The summed E-state index contributed by atoms with van der Waals surface area (Å²) < 4.78 is 0. The Morgan fingerprint density at radius 2 is 1.73 bits per heavy atom. The molecular formula is C23H28N6O. The first-order chi connectivity index (χ1) is 14.3. The third kappa shape index (κ3) is 4.07. The molecule has 7 nitrogen and oxygen atoms in total. The molecule has 0 radical (unpaired) electrons. The summed E-state index contributed by atoms with van der Waals surface area (Å²) in [4.78, 5) is 26.4. The quantitative estimate of drug-likeness (QED) is 0.695. The van der Waals surface area contributed by atoms with Crippen molar-refractivity contribution in [1.82, 2.24) is 20.2 Å². The minimum absolute atomic E-state index is 0.149. The molecule has 0 unspecified atom stereocenters. The molecule has 1 fully saturated rings. The third-order valence-corrected chi connectivity index (χ3v) is 5.68. The average molecular weight is 405 g/mol. The van der Waals surface area contributed by atoms with Crippen molar-refractivity contribution in [3.05, 3.63) is 59.7 Å². The van der Waals surface area contributed by atoms with E-state index in [1.807, 2.05) is 56.3 Å². The van der Waals surface area contributed by atoms with E-state index >= 15 is 0 Å². The summed E-state index contributed by atoms with van der Waals surface area (Å²) in [5, 5.41) is 4.03. The van der Waals surface area contributed by atoms with Crippen molar-refractivity contribution in [2.45, 2.75) is 19.4 Å². The summed E-state index contributed by atoms with van der Waals surface area (Å²) in [7, 11) is 2.12. The number of nitrogens with one attached hydrogen (secondary N) is 1. The Morgan fingerprint density at radius 3 is 2.43 bits per heavy atom. The number of fused-ring (bicyclic) bond motifs is 1. The molecule has 156 valence electrons. The molecule has 1 amide bonds. The number of nitrogen functional groups attached to an aromatic ring is 1. The largest absolute Gasteiger partial charge is 0.368 e. The van der Waals surface area contributed by atoms with Crippen LogP contribution in [0, 0.1) is 0 Å². The topological polar surface area (TPSA) is 87.4 Å². The monoisotopic (exact) mass is 404 g/mol. The van der Waals surface area contributed by atoms with Crippen LogP contribution in [0.15, 0.2) is 48.5 Å². The van der Waals surface area contributed by atoms with Crippen molar-refractivity contribution >= 4 is 28.6 Å². The SMILES string of the molecule is CN1CCN(c2nc(N)nc3cc(C(=O)NC(C)(C)c4ccccc4)ccc23)CC1. The summed E-state index contributed by atoms with van der Waals surface area (Å²) in [5.41, 5.74) is 7.78. The van der Waals surface area contributed by atoms with Gasteiger partial charge in [0.15, 0.2) is 0 Å². The molecule has 2 heterocycles. The number of amides is 1. The van der Waals surface area contributed by atoms with Crippen LogP contribution < -0.4 is 16.0 Å². The van der Waals surface area contributed by atoms with Crippen LogP contribution in [-0.2, 0) is 5.54 Å². The fourth-order valence-corrected chi connectivity index (χ4v) is 3.81. The molecule has 0 aliphatic carbocycles. The van der Waals surface area contributed by atoms with Crippen molar-refractivity contribution < 1.29 is 4.79 Å². The molecule has 2 aromatic carbocycles. The van der Waals surface area contributed by atoms with Crippen LogP contribution in [0.4, 0.5) is 11.8 Å². The van der Waals surface area contributed by atoms with Gasteiger partial charge >= 0.3 is 0 Å². The zero-order valence-electron chi connectivity index (χ0n) is 17.7. The minimum Gasteiger partial charge on any atom is -0.368 e. The number of hydrogen-bond donors (Lipinski definition) is 2. The summed E-state index contributed by atoms with van der Waals surface area (Å²) in [5.74, 6) is 0.907. The summed E-state index contributed by atoms with van der Waals surface area (Å²) in [6, 6.07) is 15.5. The fraction of sp³-hybridized carbons (Fsp3) is 0.348. The predicted molar refractivity (Wildman–Crippen MR) is 121 cm³/mol. The van der Waals surface area contributed by atoms with Crippen LogP contribution in [0.1, 0.15) is 29.8 Å². The second-order valence-electron chi connectivity index (χ2n) is 8.37. The number of aromatic nitrogens is 2. The molecule has 1 aromatic heterocycles. The molecule has 3 N–H and O–H groups in total. The lowest BCUT2D eigenvalue weighted by molar-refractivity contribution is 0.0912. The van der Waals surface area contributed by atoms with Crippen LogP contribution in [0.5, 0.6) is 0 Å². The van der Waals surface area contributed by atoms with Crippen molar-refractivity contribution in [2.75, 3.05) is 43.9 Å². The van der Waals surface area contributed by atoms with E-state index in [0.717, 1.165) is 42.9 Å². The molecule has 1 aliphatic heterocycles. The summed E-state index contributed by atoms with van der Waals surface area (Å²) in [6.45, 7) is 7.70. The summed E-state index contributed by atoms with van der Waals surface area (Å²) >= 11 is 0. The summed E-state index contributed by atoms with van der Waals surface area (Å²) in [6.07, 6.45) is 0. The number of likely N-dealkylation sites (N-methyl/N-ethyl adjacent to an activating group) is 1. The number of carbonyl (C=O) groups is 1. The number of rotatable bonds is 4. The Balaban J connectivity index is 1.62. The first-order valence-electron chi connectivity index (χ1n) is 10.2. The van der Waals surface area contributed by atoms with Crippen molar-refractivity contribution in [3.63, 3.8) is 0 Å². The highest BCUT2D eigenvalue weighted by Gasteiger charge is 2.24. The van der Waals surface area contributed by atoms with Gasteiger partial charge in [-0.2, -0.15) is 4.98 Å². The van der Waals surface area contributed by atoms with Gasteiger partial charge in [-0.05, 0) is 44.7 Å². The van der Waals surface area contributed by atoms with E-state index in [-0.39, 0.29) is 11.9 Å². The third-order valence-electron chi connectivity index (χ3n) is 5.68. The molecule has 1 aliphatic rings. The fourth-order valence-electron chi connectivity index (χ4n) is 3.81. The van der Waals surface area contributed by atoms with Crippen LogP contribution in [-0.4, -0.2) is 54.0 Å². The van der Waals surface area contributed by atoms with Gasteiger partial charge in [-0.3, -0.25) is 4.79 Å². The molecule has 30 heavy (non-hydrogen) atoms. The maximum absolute atomic E-state index is 13.0. The zero-order chi connectivity index (χ0) is 21.3. The molecule has 0 spiro atoms. The van der Waals surface area contributed by atoms with E-state index < -0.39 is 5.54 Å². The van der Waals surface area contributed by atoms with E-state index in [0.29, 0.717) is 11.1 Å². The first kappa shape index (κ1) is 20.1. The number of benzene rings is 2. The lowest BCUT2D eigenvalue weighted by Crippen LogP contribution is -2.45. The highest BCUT2D eigenvalue weighted by atomic mass is 16.1. The Hall–Kier alpha value is -3.19. The standard InChI is InChI=1S/C23H28N6O/c1-23(2,17-7-5-4-6-8-17)27-21(30)16-9-10-18-19(15-16)25-22(24)26-20(18)29-13-11-28(3)12-14-29/h4-10,15H,11-14H2,1-3H3,(H,27,30)(H2,24,25,26). The molecule has 0 saturated carbocycles. The van der Waals surface area contributed by atoms with Crippen molar-refractivity contribution in [1.29, 1.82) is 0 Å². The van der Waals surface area contributed by atoms with Crippen molar-refractivity contribution in [2.24, 2.45) is 0 Å². The molecular weight excluding hydrogens is 376 g/mol. The number of carbonyl (C=O) groups excluding carboxylic acids is 1. The van der Waals surface area contributed by atoms with E-state index in [2.05, 4.69) is 32.1 Å². The van der Waals surface area contributed by atoms with Gasteiger partial charge < -0.3 is 20.9 Å². The Bertz CT molecular complexity index is 1060. The van der Waals surface area contributed by atoms with E-state index in [9.17, 15) is 4.79 Å². The van der Waals surface area contributed by atoms with Crippen LogP contribution in [0.2, 0.25) is 0 Å². The number of hydrogen-bond acceptors (Lipinski definition) is 6. The van der Waals surface area contributed by atoms with Gasteiger partial charge in [0.25, 0.3) is 5.91 Å². The number of nitrogens with two attached hydrogens (primary N) is 1. The van der Waals surface area contributed by atoms with E-state index in [4.69, 9.17) is 5.73 Å². The molecule has 0 atom stereocenters. The Labute approximate surface area is 176 Å². The Kier molecular flexibility index (Phi) is 5.30. The smallest absolute Gasteiger partial charge is 0.252 e. The average Bonchev–Trinajstić information content (AvgIpc) is 2.73. The Morgan fingerprint density at radius 1 is 1.03 bits per heavy atom. The zero-order valence-corrected chi connectivity index (χ0v) is 17.7. The maximum Gasteiger partial charge on any atom is 0.252 e. The lowest BCUT2D eigenvalue weighted by atomic mass is 9.94.